The largest absolute Gasteiger partial charge is 0.411 e. The lowest BCUT2D eigenvalue weighted by Gasteiger charge is -2.24. The first-order valence-corrected chi connectivity index (χ1v) is 6.29. The van der Waals surface area contributed by atoms with Crippen LogP contribution >= 0.6 is 0 Å². The van der Waals surface area contributed by atoms with Gasteiger partial charge in [0, 0.05) is 31.7 Å². The summed E-state index contributed by atoms with van der Waals surface area (Å²) in [5.41, 5.74) is 0.987. The van der Waals surface area contributed by atoms with Crippen LogP contribution < -0.4 is 5.32 Å². The Labute approximate surface area is 116 Å². The van der Waals surface area contributed by atoms with Gasteiger partial charge < -0.3 is 15.4 Å². The second kappa shape index (κ2) is 7.34. The fraction of sp³-hybridized carbons (Fsp3) is 0.308. The minimum atomic E-state index is -0.335. The molecule has 1 aliphatic rings. The molecule has 0 amide bonds. The van der Waals surface area contributed by atoms with Crippen LogP contribution in [0, 0.1) is 5.82 Å². The van der Waals surface area contributed by atoms with E-state index >= 15 is 0 Å². The number of piperazine rings is 1. The number of nitrogens with zero attached hydrogens (tertiary/aromatic N) is 4. The summed E-state index contributed by atoms with van der Waals surface area (Å²) in [7, 11) is 0. The SMILES string of the molecule is O/N=C/C(=N\N=CN1CCNCC1)c1ccc(F)cc1. The molecule has 0 radical (unpaired) electrons. The molecule has 7 heteroatoms. The van der Waals surface area contributed by atoms with Crippen LogP contribution in [0.1, 0.15) is 5.56 Å². The minimum Gasteiger partial charge on any atom is -0.411 e. The molecule has 0 spiro atoms. The van der Waals surface area contributed by atoms with Crippen LogP contribution in [0.3, 0.4) is 0 Å². The lowest BCUT2D eigenvalue weighted by Crippen LogP contribution is -2.42. The quantitative estimate of drug-likeness (QED) is 0.372. The fourth-order valence-corrected chi connectivity index (χ4v) is 1.79. The third-order valence-corrected chi connectivity index (χ3v) is 2.85. The maximum atomic E-state index is 12.9. The van der Waals surface area contributed by atoms with Crippen molar-refractivity contribution in [1.29, 1.82) is 0 Å². The summed E-state index contributed by atoms with van der Waals surface area (Å²) in [4.78, 5) is 2.04. The summed E-state index contributed by atoms with van der Waals surface area (Å²) in [5.74, 6) is -0.335. The maximum absolute atomic E-state index is 12.9. The monoisotopic (exact) mass is 277 g/mol. The number of hydrogen-bond acceptors (Lipinski definition) is 5. The van der Waals surface area contributed by atoms with E-state index in [0.717, 1.165) is 26.2 Å². The zero-order chi connectivity index (χ0) is 14.2. The molecule has 106 valence electrons. The van der Waals surface area contributed by atoms with E-state index in [4.69, 9.17) is 5.21 Å². The van der Waals surface area contributed by atoms with Gasteiger partial charge in [0.25, 0.3) is 0 Å². The number of rotatable bonds is 4. The Morgan fingerprint density at radius 1 is 1.25 bits per heavy atom. The predicted molar refractivity (Wildman–Crippen MR) is 76.2 cm³/mol. The molecular weight excluding hydrogens is 261 g/mol. The molecular formula is C13H16FN5O. The van der Waals surface area contributed by atoms with Gasteiger partial charge in [0.1, 0.15) is 17.9 Å². The van der Waals surface area contributed by atoms with Crippen LogP contribution in [0.2, 0.25) is 0 Å². The molecule has 6 nitrogen and oxygen atoms in total. The van der Waals surface area contributed by atoms with Gasteiger partial charge in [0.05, 0.1) is 6.21 Å². The molecule has 1 aliphatic heterocycles. The van der Waals surface area contributed by atoms with Crippen molar-refractivity contribution < 1.29 is 9.60 Å². The highest BCUT2D eigenvalue weighted by Crippen LogP contribution is 2.04. The fourth-order valence-electron chi connectivity index (χ4n) is 1.79. The van der Waals surface area contributed by atoms with Crippen LogP contribution in [0.4, 0.5) is 4.39 Å². The molecule has 20 heavy (non-hydrogen) atoms. The molecule has 1 aromatic rings. The molecule has 2 rings (SSSR count). The topological polar surface area (TPSA) is 72.6 Å². The molecule has 2 N–H and O–H groups in total. The molecule has 1 aromatic carbocycles. The highest BCUT2D eigenvalue weighted by atomic mass is 19.1. The van der Waals surface area contributed by atoms with E-state index in [1.807, 2.05) is 4.90 Å². The van der Waals surface area contributed by atoms with Gasteiger partial charge in [-0.15, -0.1) is 10.2 Å². The first-order chi connectivity index (χ1) is 9.79. The zero-order valence-electron chi connectivity index (χ0n) is 10.9. The van der Waals surface area contributed by atoms with Crippen LogP contribution in [-0.2, 0) is 0 Å². The number of halogens is 1. The first kappa shape index (κ1) is 14.1. The van der Waals surface area contributed by atoms with Gasteiger partial charge in [0.2, 0.25) is 0 Å². The highest BCUT2D eigenvalue weighted by Gasteiger charge is 2.05. The van der Waals surface area contributed by atoms with Crippen molar-refractivity contribution >= 4 is 18.3 Å². The third-order valence-electron chi connectivity index (χ3n) is 2.85. The number of oxime groups is 1. The average molecular weight is 277 g/mol. The molecule has 0 bridgehead atoms. The van der Waals surface area contributed by atoms with Gasteiger partial charge in [-0.05, 0) is 24.3 Å². The van der Waals surface area contributed by atoms with Crippen molar-refractivity contribution in [1.82, 2.24) is 10.2 Å². The van der Waals surface area contributed by atoms with E-state index in [-0.39, 0.29) is 5.82 Å². The van der Waals surface area contributed by atoms with Crippen molar-refractivity contribution in [2.24, 2.45) is 15.4 Å². The summed E-state index contributed by atoms with van der Waals surface area (Å²) in [6, 6.07) is 5.73. The summed E-state index contributed by atoms with van der Waals surface area (Å²) >= 11 is 0. The van der Waals surface area contributed by atoms with Gasteiger partial charge in [0.15, 0.2) is 0 Å². The number of nitrogens with one attached hydrogen (secondary N) is 1. The molecule has 1 fully saturated rings. The molecule has 1 heterocycles. The average Bonchev–Trinajstić information content (AvgIpc) is 2.48. The Morgan fingerprint density at radius 3 is 2.60 bits per heavy atom. The highest BCUT2D eigenvalue weighted by molar-refractivity contribution is 6.38. The smallest absolute Gasteiger partial charge is 0.123 e. The zero-order valence-corrected chi connectivity index (χ0v) is 10.9. The summed E-state index contributed by atoms with van der Waals surface area (Å²) in [6.07, 6.45) is 2.82. The normalized spacial score (nSPS) is 17.2. The van der Waals surface area contributed by atoms with Gasteiger partial charge in [-0.3, -0.25) is 0 Å². The molecule has 0 aliphatic carbocycles. The third kappa shape index (κ3) is 4.13. The van der Waals surface area contributed by atoms with E-state index in [1.54, 1.807) is 18.5 Å². The van der Waals surface area contributed by atoms with Gasteiger partial charge in [-0.1, -0.05) is 5.16 Å². The van der Waals surface area contributed by atoms with Crippen molar-refractivity contribution in [2.45, 2.75) is 0 Å². The summed E-state index contributed by atoms with van der Waals surface area (Å²) in [6.45, 7) is 3.58. The van der Waals surface area contributed by atoms with Crippen molar-refractivity contribution in [2.75, 3.05) is 26.2 Å². The molecule has 0 unspecified atom stereocenters. The van der Waals surface area contributed by atoms with Crippen LogP contribution in [-0.4, -0.2) is 54.6 Å². The summed E-state index contributed by atoms with van der Waals surface area (Å²) in [5, 5.41) is 22.8. The second-order valence-electron chi connectivity index (χ2n) is 4.25. The van der Waals surface area contributed by atoms with Gasteiger partial charge in [-0.25, -0.2) is 4.39 Å². The molecule has 0 saturated carbocycles. The van der Waals surface area contributed by atoms with Crippen molar-refractivity contribution in [3.05, 3.63) is 35.6 Å². The Morgan fingerprint density at radius 2 is 1.95 bits per heavy atom. The van der Waals surface area contributed by atoms with E-state index < -0.39 is 0 Å². The minimum absolute atomic E-state index is 0.335. The van der Waals surface area contributed by atoms with E-state index in [9.17, 15) is 4.39 Å². The Kier molecular flexibility index (Phi) is 5.19. The number of benzene rings is 1. The van der Waals surface area contributed by atoms with Crippen molar-refractivity contribution in [3.8, 4) is 0 Å². The van der Waals surface area contributed by atoms with E-state index in [0.29, 0.717) is 11.3 Å². The Bertz CT molecular complexity index is 506. The van der Waals surface area contributed by atoms with Crippen LogP contribution in [0.25, 0.3) is 0 Å². The summed E-state index contributed by atoms with van der Waals surface area (Å²) < 4.78 is 12.9. The van der Waals surface area contributed by atoms with Crippen molar-refractivity contribution in [3.63, 3.8) is 0 Å². The molecule has 0 atom stereocenters. The first-order valence-electron chi connectivity index (χ1n) is 6.29. The lowest BCUT2D eigenvalue weighted by atomic mass is 10.1. The van der Waals surface area contributed by atoms with Crippen LogP contribution in [0.5, 0.6) is 0 Å². The van der Waals surface area contributed by atoms with Gasteiger partial charge >= 0.3 is 0 Å². The Balaban J connectivity index is 2.09. The van der Waals surface area contributed by atoms with Gasteiger partial charge in [-0.2, -0.15) is 0 Å². The lowest BCUT2D eigenvalue weighted by molar-refractivity contribution is 0.322. The maximum Gasteiger partial charge on any atom is 0.123 e. The molecule has 0 aromatic heterocycles. The van der Waals surface area contributed by atoms with E-state index in [1.165, 1.54) is 18.3 Å². The van der Waals surface area contributed by atoms with Crippen LogP contribution in [0.15, 0.2) is 39.6 Å². The predicted octanol–water partition coefficient (Wildman–Crippen LogP) is 0.923. The Hall–Kier alpha value is -2.28. The number of hydrogen-bond donors (Lipinski definition) is 2. The van der Waals surface area contributed by atoms with E-state index in [2.05, 4.69) is 20.7 Å². The standard InChI is InChI=1S/C13H16FN5O/c14-12-3-1-11(2-4-12)13(9-17-20)18-16-10-19-7-5-15-6-8-19/h1-4,9-10,15,20H,5-8H2/b16-10?,17-9+,18-13+. The second-order valence-corrected chi connectivity index (χ2v) is 4.25. The molecule has 1 saturated heterocycles.